The minimum Gasteiger partial charge on any atom is -0.472 e. The van der Waals surface area contributed by atoms with Crippen molar-refractivity contribution in [1.82, 2.24) is 0 Å². The summed E-state index contributed by atoms with van der Waals surface area (Å²) < 4.78 is 42.1. The fraction of sp³-hybridized carbons (Fsp3) is 0.471. The Bertz CT molecular complexity index is 1560. The second-order valence-corrected chi connectivity index (χ2v) is 12.8. The highest BCUT2D eigenvalue weighted by Crippen LogP contribution is 2.68. The number of esters is 4. The van der Waals surface area contributed by atoms with Crippen molar-refractivity contribution in [3.63, 3.8) is 0 Å². The molecule has 3 aliphatic rings. The summed E-state index contributed by atoms with van der Waals surface area (Å²) in [7, 11) is 0. The summed E-state index contributed by atoms with van der Waals surface area (Å²) in [4.78, 5) is 53.0. The van der Waals surface area contributed by atoms with E-state index < -0.39 is 76.7 Å². The molecule has 3 fully saturated rings. The molecule has 6 rings (SSSR count). The van der Waals surface area contributed by atoms with Crippen LogP contribution in [0, 0.1) is 17.3 Å². The van der Waals surface area contributed by atoms with E-state index in [1.54, 1.807) is 43.3 Å². The lowest BCUT2D eigenvalue weighted by atomic mass is 9.48. The van der Waals surface area contributed by atoms with E-state index in [2.05, 4.69) is 0 Å². The molecule has 2 aliphatic carbocycles. The molecule has 1 saturated heterocycles. The van der Waals surface area contributed by atoms with Gasteiger partial charge in [-0.05, 0) is 69.9 Å². The van der Waals surface area contributed by atoms with Gasteiger partial charge in [-0.3, -0.25) is 4.79 Å². The Morgan fingerprint density at radius 1 is 0.778 bits per heavy atom. The molecule has 2 saturated carbocycles. The standard InChI is InChI=1S/C34H36O11/c1-19-16-25(41-20(2)35)28(44-30(37)22-13-15-39-18-22)33(5)26(42-29(36)21-10-7-6-8-11-21)17-23-27(34(19,33)45-32(23,3)4)43-31(38)24-12-9-14-40-24/h6-15,18-19,23,25-28H,16-17H2,1-5H3/t19-,23-,25+,26+,27-,28+,33-,34-/m1/s1. The number of fused-ring (bicyclic) bond motifs is 1. The zero-order valence-corrected chi connectivity index (χ0v) is 25.7. The minimum atomic E-state index is -1.40. The van der Waals surface area contributed by atoms with Crippen molar-refractivity contribution in [1.29, 1.82) is 0 Å². The average molecular weight is 621 g/mol. The quantitative estimate of drug-likeness (QED) is 0.248. The first-order valence-electron chi connectivity index (χ1n) is 15.0. The molecule has 11 nitrogen and oxygen atoms in total. The highest BCUT2D eigenvalue weighted by molar-refractivity contribution is 5.90. The molecular weight excluding hydrogens is 584 g/mol. The first kappa shape index (κ1) is 30.6. The molecule has 45 heavy (non-hydrogen) atoms. The number of hydrogen-bond donors (Lipinski definition) is 0. The van der Waals surface area contributed by atoms with Crippen LogP contribution in [0.5, 0.6) is 0 Å². The molecule has 11 heteroatoms. The van der Waals surface area contributed by atoms with Crippen molar-refractivity contribution in [3.8, 4) is 0 Å². The van der Waals surface area contributed by atoms with Gasteiger partial charge in [0.25, 0.3) is 0 Å². The first-order chi connectivity index (χ1) is 21.4. The summed E-state index contributed by atoms with van der Waals surface area (Å²) in [5, 5.41) is 0. The zero-order chi connectivity index (χ0) is 32.1. The van der Waals surface area contributed by atoms with Gasteiger partial charge in [0.1, 0.15) is 30.2 Å². The Kier molecular flexibility index (Phi) is 7.63. The molecule has 2 bridgehead atoms. The van der Waals surface area contributed by atoms with E-state index >= 15 is 0 Å². The van der Waals surface area contributed by atoms with Crippen molar-refractivity contribution < 1.29 is 51.7 Å². The SMILES string of the molecule is CC(=O)O[C@H]1C[C@@H](C)[C@]23OC(C)(C)[C@H](C[C@H](OC(=O)c4ccccc4)[C@]2(C)[C@H]1OC(=O)c1ccoc1)[C@H]3OC(=O)c1ccco1. The number of benzene rings is 1. The van der Waals surface area contributed by atoms with Crippen molar-refractivity contribution in [3.05, 3.63) is 84.2 Å². The predicted octanol–water partition coefficient (Wildman–Crippen LogP) is 5.39. The smallest absolute Gasteiger partial charge is 0.374 e. The van der Waals surface area contributed by atoms with Crippen LogP contribution < -0.4 is 0 Å². The third kappa shape index (κ3) is 4.93. The molecule has 0 N–H and O–H groups in total. The van der Waals surface area contributed by atoms with Gasteiger partial charge in [-0.15, -0.1) is 0 Å². The molecular formula is C34H36O11. The van der Waals surface area contributed by atoms with Crippen molar-refractivity contribution in [2.45, 2.75) is 83.1 Å². The molecule has 8 atom stereocenters. The number of ether oxygens (including phenoxy) is 5. The molecule has 238 valence electrons. The first-order valence-corrected chi connectivity index (χ1v) is 15.0. The van der Waals surface area contributed by atoms with E-state index in [0.717, 1.165) is 0 Å². The van der Waals surface area contributed by atoms with Crippen LogP contribution >= 0.6 is 0 Å². The Labute approximate surface area is 260 Å². The molecule has 2 aromatic heterocycles. The fourth-order valence-corrected chi connectivity index (χ4v) is 7.90. The van der Waals surface area contributed by atoms with Gasteiger partial charge in [-0.2, -0.15) is 0 Å². The Morgan fingerprint density at radius 2 is 1.49 bits per heavy atom. The summed E-state index contributed by atoms with van der Waals surface area (Å²) in [6.07, 6.45) is 0.457. The average Bonchev–Trinajstić information content (AvgIpc) is 3.75. The topological polar surface area (TPSA) is 141 Å². The van der Waals surface area contributed by atoms with Gasteiger partial charge in [0.15, 0.2) is 6.10 Å². The summed E-state index contributed by atoms with van der Waals surface area (Å²) in [6.45, 7) is 8.79. The van der Waals surface area contributed by atoms with Crippen LogP contribution in [-0.4, -0.2) is 59.5 Å². The van der Waals surface area contributed by atoms with Gasteiger partial charge in [0.05, 0.1) is 34.7 Å². The maximum Gasteiger partial charge on any atom is 0.374 e. The molecule has 1 spiro atoms. The number of carbonyl (C=O) groups excluding carboxylic acids is 4. The van der Waals surface area contributed by atoms with Crippen LogP contribution in [0.25, 0.3) is 0 Å². The third-order valence-corrected chi connectivity index (χ3v) is 9.86. The lowest BCUT2D eigenvalue weighted by molar-refractivity contribution is -0.299. The highest BCUT2D eigenvalue weighted by Gasteiger charge is 2.80. The number of rotatable bonds is 7. The minimum absolute atomic E-state index is 0.0205. The van der Waals surface area contributed by atoms with Crippen LogP contribution in [0.15, 0.2) is 76.2 Å². The summed E-state index contributed by atoms with van der Waals surface area (Å²) in [5.74, 6) is -3.42. The Morgan fingerprint density at radius 3 is 2.13 bits per heavy atom. The molecule has 1 aliphatic heterocycles. The molecule has 3 heterocycles. The number of furan rings is 2. The van der Waals surface area contributed by atoms with E-state index in [1.807, 2.05) is 20.8 Å². The van der Waals surface area contributed by atoms with Crippen LogP contribution in [-0.2, 0) is 28.5 Å². The molecule has 0 radical (unpaired) electrons. The predicted molar refractivity (Wildman–Crippen MR) is 155 cm³/mol. The van der Waals surface area contributed by atoms with Gasteiger partial charge in [-0.25, -0.2) is 14.4 Å². The van der Waals surface area contributed by atoms with Gasteiger partial charge in [0.2, 0.25) is 5.76 Å². The van der Waals surface area contributed by atoms with Gasteiger partial charge in [0, 0.05) is 12.8 Å². The molecule has 3 aromatic rings. The van der Waals surface area contributed by atoms with Gasteiger partial charge >= 0.3 is 23.9 Å². The molecule has 0 unspecified atom stereocenters. The molecule has 0 amide bonds. The van der Waals surface area contributed by atoms with Crippen molar-refractivity contribution in [2.24, 2.45) is 17.3 Å². The number of carbonyl (C=O) groups is 4. The summed E-state index contributed by atoms with van der Waals surface area (Å²) >= 11 is 0. The lowest BCUT2D eigenvalue weighted by Crippen LogP contribution is -2.76. The van der Waals surface area contributed by atoms with E-state index in [1.165, 1.54) is 37.8 Å². The zero-order valence-electron chi connectivity index (χ0n) is 25.7. The normalized spacial score (nSPS) is 33.0. The maximum atomic E-state index is 13.6. The second kappa shape index (κ2) is 11.2. The van der Waals surface area contributed by atoms with Crippen LogP contribution in [0.1, 0.15) is 78.7 Å². The van der Waals surface area contributed by atoms with Crippen LogP contribution in [0.2, 0.25) is 0 Å². The Balaban J connectivity index is 1.51. The fourth-order valence-electron chi connectivity index (χ4n) is 7.90. The van der Waals surface area contributed by atoms with Crippen molar-refractivity contribution in [2.75, 3.05) is 0 Å². The van der Waals surface area contributed by atoms with Gasteiger partial charge in [-0.1, -0.05) is 25.1 Å². The van der Waals surface area contributed by atoms with Crippen LogP contribution in [0.3, 0.4) is 0 Å². The van der Waals surface area contributed by atoms with E-state index in [-0.39, 0.29) is 24.2 Å². The lowest BCUT2D eigenvalue weighted by Gasteiger charge is -2.62. The Hall–Kier alpha value is -4.38. The largest absolute Gasteiger partial charge is 0.472 e. The highest BCUT2D eigenvalue weighted by atomic mass is 16.6. The van der Waals surface area contributed by atoms with Crippen molar-refractivity contribution >= 4 is 23.9 Å². The van der Waals surface area contributed by atoms with Gasteiger partial charge < -0.3 is 32.5 Å². The second-order valence-electron chi connectivity index (χ2n) is 12.8. The third-order valence-electron chi connectivity index (χ3n) is 9.86. The summed E-state index contributed by atoms with van der Waals surface area (Å²) in [6, 6.07) is 13.1. The van der Waals surface area contributed by atoms with Crippen LogP contribution in [0.4, 0.5) is 0 Å². The summed E-state index contributed by atoms with van der Waals surface area (Å²) in [5.41, 5.74) is -3.15. The monoisotopic (exact) mass is 620 g/mol. The van der Waals surface area contributed by atoms with E-state index in [9.17, 15) is 19.2 Å². The molecule has 1 aromatic carbocycles. The van der Waals surface area contributed by atoms with E-state index in [4.69, 9.17) is 32.5 Å². The number of hydrogen-bond acceptors (Lipinski definition) is 11. The maximum absolute atomic E-state index is 13.6. The van der Waals surface area contributed by atoms with E-state index in [0.29, 0.717) is 5.56 Å².